The zero-order valence-corrected chi connectivity index (χ0v) is 12.8. The van der Waals surface area contributed by atoms with Crippen LogP contribution in [0.4, 0.5) is 0 Å². The highest BCUT2D eigenvalue weighted by Crippen LogP contribution is 2.26. The fourth-order valence-electron chi connectivity index (χ4n) is 2.14. The summed E-state index contributed by atoms with van der Waals surface area (Å²) >= 11 is 1.84. The summed E-state index contributed by atoms with van der Waals surface area (Å²) in [6.07, 6.45) is 0. The molecule has 1 aromatic heterocycles. The third kappa shape index (κ3) is 3.58. The molecule has 1 heterocycles. The summed E-state index contributed by atoms with van der Waals surface area (Å²) < 4.78 is 5.44. The molecule has 0 aliphatic heterocycles. The first-order chi connectivity index (χ1) is 9.10. The number of hydrogen-bond donors (Lipinski definition) is 1. The molecule has 0 aliphatic rings. The highest BCUT2D eigenvalue weighted by molar-refractivity contribution is 7.11. The van der Waals surface area contributed by atoms with Gasteiger partial charge in [-0.3, -0.25) is 0 Å². The van der Waals surface area contributed by atoms with Crippen LogP contribution in [0.3, 0.4) is 0 Å². The van der Waals surface area contributed by atoms with E-state index in [2.05, 4.69) is 50.4 Å². The molecule has 0 radical (unpaired) electrons. The van der Waals surface area contributed by atoms with E-state index in [4.69, 9.17) is 4.74 Å². The minimum atomic E-state index is 0.275. The molecule has 0 saturated heterocycles. The van der Waals surface area contributed by atoms with Crippen LogP contribution in [0, 0.1) is 13.8 Å². The third-order valence-electron chi connectivity index (χ3n) is 3.23. The molecule has 1 atom stereocenters. The molecule has 0 saturated carbocycles. The Balaban J connectivity index is 2.06. The van der Waals surface area contributed by atoms with Crippen LogP contribution in [0.25, 0.3) is 0 Å². The molecule has 0 aliphatic carbocycles. The van der Waals surface area contributed by atoms with Gasteiger partial charge in [0.25, 0.3) is 0 Å². The van der Waals surface area contributed by atoms with Gasteiger partial charge in [-0.15, -0.1) is 11.3 Å². The van der Waals surface area contributed by atoms with Gasteiger partial charge >= 0.3 is 0 Å². The lowest BCUT2D eigenvalue weighted by atomic mass is 10.0. The van der Waals surface area contributed by atoms with Crippen LogP contribution in [0.5, 0.6) is 5.75 Å². The molecule has 3 heteroatoms. The summed E-state index contributed by atoms with van der Waals surface area (Å²) in [5.74, 6) is 0.952. The highest BCUT2D eigenvalue weighted by Gasteiger charge is 2.11. The number of ether oxygens (including phenoxy) is 1. The molecular weight excluding hydrogens is 254 g/mol. The minimum absolute atomic E-state index is 0.275. The van der Waals surface area contributed by atoms with Gasteiger partial charge in [-0.25, -0.2) is 0 Å². The summed E-state index contributed by atoms with van der Waals surface area (Å²) in [5, 5.41) is 3.56. The third-order valence-corrected chi connectivity index (χ3v) is 4.23. The van der Waals surface area contributed by atoms with Gasteiger partial charge in [0.2, 0.25) is 0 Å². The van der Waals surface area contributed by atoms with Crippen LogP contribution in [0.15, 0.2) is 30.3 Å². The second-order valence-electron chi connectivity index (χ2n) is 4.86. The summed E-state index contributed by atoms with van der Waals surface area (Å²) in [7, 11) is 1.73. The van der Waals surface area contributed by atoms with Crippen molar-refractivity contribution in [3.63, 3.8) is 0 Å². The summed E-state index contributed by atoms with van der Waals surface area (Å²) in [6.45, 7) is 7.33. The topological polar surface area (TPSA) is 21.3 Å². The van der Waals surface area contributed by atoms with Crippen LogP contribution in [0.1, 0.15) is 33.8 Å². The van der Waals surface area contributed by atoms with E-state index >= 15 is 0 Å². The Morgan fingerprint density at radius 1 is 1.21 bits per heavy atom. The van der Waals surface area contributed by atoms with Crippen molar-refractivity contribution in [2.75, 3.05) is 7.11 Å². The minimum Gasteiger partial charge on any atom is -0.496 e. The number of methoxy groups -OCH3 is 1. The van der Waals surface area contributed by atoms with Gasteiger partial charge in [0.05, 0.1) is 7.11 Å². The smallest absolute Gasteiger partial charge is 0.123 e. The average molecular weight is 275 g/mol. The highest BCUT2D eigenvalue weighted by atomic mass is 32.1. The maximum absolute atomic E-state index is 5.44. The Labute approximate surface area is 119 Å². The molecule has 0 bridgehead atoms. The van der Waals surface area contributed by atoms with Gasteiger partial charge in [-0.2, -0.15) is 0 Å². The lowest BCUT2D eigenvalue weighted by Gasteiger charge is -2.17. The van der Waals surface area contributed by atoms with Crippen molar-refractivity contribution in [1.29, 1.82) is 0 Å². The predicted molar refractivity (Wildman–Crippen MR) is 82.0 cm³/mol. The molecule has 19 heavy (non-hydrogen) atoms. The maximum Gasteiger partial charge on any atom is 0.123 e. The normalized spacial score (nSPS) is 12.4. The Bertz CT molecular complexity index is 547. The Morgan fingerprint density at radius 2 is 2.00 bits per heavy atom. The van der Waals surface area contributed by atoms with E-state index in [0.717, 1.165) is 12.3 Å². The molecule has 2 rings (SSSR count). The average Bonchev–Trinajstić information content (AvgIpc) is 2.81. The van der Waals surface area contributed by atoms with E-state index in [-0.39, 0.29) is 6.04 Å². The SMILES string of the molecule is COc1ccc(C)cc1C(C)NCc1ccc(C)s1. The monoisotopic (exact) mass is 275 g/mol. The van der Waals surface area contributed by atoms with Crippen molar-refractivity contribution in [3.05, 3.63) is 51.2 Å². The second-order valence-corrected chi connectivity index (χ2v) is 6.23. The van der Waals surface area contributed by atoms with Crippen molar-refractivity contribution in [2.24, 2.45) is 0 Å². The zero-order valence-electron chi connectivity index (χ0n) is 12.0. The van der Waals surface area contributed by atoms with Gasteiger partial charge in [0.1, 0.15) is 5.75 Å². The van der Waals surface area contributed by atoms with E-state index in [1.54, 1.807) is 7.11 Å². The van der Waals surface area contributed by atoms with Crippen LogP contribution >= 0.6 is 11.3 Å². The molecule has 0 spiro atoms. The molecule has 2 nitrogen and oxygen atoms in total. The van der Waals surface area contributed by atoms with Crippen molar-refractivity contribution in [1.82, 2.24) is 5.32 Å². The molecule has 1 aromatic carbocycles. The van der Waals surface area contributed by atoms with Gasteiger partial charge in [-0.05, 0) is 39.0 Å². The number of rotatable bonds is 5. The summed E-state index contributed by atoms with van der Waals surface area (Å²) in [4.78, 5) is 2.73. The summed E-state index contributed by atoms with van der Waals surface area (Å²) in [5.41, 5.74) is 2.48. The number of benzene rings is 1. The number of thiophene rings is 1. The molecule has 102 valence electrons. The van der Waals surface area contributed by atoms with Gasteiger partial charge in [0.15, 0.2) is 0 Å². The van der Waals surface area contributed by atoms with Gasteiger partial charge < -0.3 is 10.1 Å². The predicted octanol–water partition coefficient (Wildman–Crippen LogP) is 4.22. The van der Waals surface area contributed by atoms with Crippen LogP contribution in [-0.4, -0.2) is 7.11 Å². The number of hydrogen-bond acceptors (Lipinski definition) is 3. The quantitative estimate of drug-likeness (QED) is 0.882. The molecule has 0 amide bonds. The number of aryl methyl sites for hydroxylation is 2. The van der Waals surface area contributed by atoms with Gasteiger partial charge in [0, 0.05) is 27.9 Å². The second kappa shape index (κ2) is 6.22. The summed E-state index contributed by atoms with van der Waals surface area (Å²) in [6, 6.07) is 10.9. The molecule has 1 unspecified atom stereocenters. The Kier molecular flexibility index (Phi) is 4.61. The largest absolute Gasteiger partial charge is 0.496 e. The van der Waals surface area contributed by atoms with E-state index in [1.807, 2.05) is 17.4 Å². The van der Waals surface area contributed by atoms with Crippen molar-refractivity contribution >= 4 is 11.3 Å². The molecular formula is C16H21NOS. The first kappa shape index (κ1) is 14.1. The fourth-order valence-corrected chi connectivity index (χ4v) is 2.98. The molecule has 2 aromatic rings. The van der Waals surface area contributed by atoms with Gasteiger partial charge in [-0.1, -0.05) is 17.7 Å². The fraction of sp³-hybridized carbons (Fsp3) is 0.375. The Morgan fingerprint density at radius 3 is 2.63 bits per heavy atom. The van der Waals surface area contributed by atoms with Crippen molar-refractivity contribution < 1.29 is 4.74 Å². The van der Waals surface area contributed by atoms with E-state index in [9.17, 15) is 0 Å². The van der Waals surface area contributed by atoms with E-state index in [0.29, 0.717) is 0 Å². The van der Waals surface area contributed by atoms with E-state index in [1.165, 1.54) is 20.9 Å². The van der Waals surface area contributed by atoms with Crippen LogP contribution in [0.2, 0.25) is 0 Å². The lowest BCUT2D eigenvalue weighted by Crippen LogP contribution is -2.18. The number of nitrogens with one attached hydrogen (secondary N) is 1. The Hall–Kier alpha value is -1.32. The van der Waals surface area contributed by atoms with Crippen molar-refractivity contribution in [2.45, 2.75) is 33.4 Å². The van der Waals surface area contributed by atoms with Crippen LogP contribution in [-0.2, 0) is 6.54 Å². The molecule has 0 fully saturated rings. The maximum atomic E-state index is 5.44. The molecule has 1 N–H and O–H groups in total. The zero-order chi connectivity index (χ0) is 13.8. The van der Waals surface area contributed by atoms with E-state index < -0.39 is 0 Å². The first-order valence-corrected chi connectivity index (χ1v) is 7.35. The van der Waals surface area contributed by atoms with Crippen LogP contribution < -0.4 is 10.1 Å². The standard InChI is InChI=1S/C16H21NOS/c1-11-5-8-16(18-4)15(9-11)13(3)17-10-14-7-6-12(2)19-14/h5-9,13,17H,10H2,1-4H3. The first-order valence-electron chi connectivity index (χ1n) is 6.53. The lowest BCUT2D eigenvalue weighted by molar-refractivity contribution is 0.401. The van der Waals surface area contributed by atoms with Crippen molar-refractivity contribution in [3.8, 4) is 5.75 Å².